The highest BCUT2D eigenvalue weighted by molar-refractivity contribution is 6.69. The Morgan fingerprint density at radius 1 is 0.704 bits per heavy atom. The zero-order valence-corrected chi connectivity index (χ0v) is 29.6. The summed E-state index contributed by atoms with van der Waals surface area (Å²) in [7, 11) is 2.19. The van der Waals surface area contributed by atoms with Gasteiger partial charge in [0.05, 0.1) is 28.3 Å². The summed E-state index contributed by atoms with van der Waals surface area (Å²) in [5, 5.41) is 0. The molecule has 0 N–H and O–H groups in total. The van der Waals surface area contributed by atoms with Crippen LogP contribution in [0.25, 0.3) is 55.8 Å². The van der Waals surface area contributed by atoms with Crippen LogP contribution in [-0.2, 0) is 0 Å². The van der Waals surface area contributed by atoms with Crippen LogP contribution in [-0.4, -0.2) is 38.9 Å². The van der Waals surface area contributed by atoms with Crippen molar-refractivity contribution >= 4 is 23.5 Å². The van der Waals surface area contributed by atoms with Gasteiger partial charge in [-0.1, -0.05) is 127 Å². The molecule has 4 heterocycles. The minimum absolute atomic E-state index is 0.0545. The van der Waals surface area contributed by atoms with Crippen LogP contribution in [0.2, 0.25) is 0 Å². The molecule has 1 aliphatic carbocycles. The topological polar surface area (TPSA) is 39.1 Å². The first kappa shape index (κ1) is 30.9. The molecule has 2 aliphatic heterocycles. The summed E-state index contributed by atoms with van der Waals surface area (Å²) < 4.78 is 13.4. The highest BCUT2D eigenvalue weighted by Crippen LogP contribution is 2.43. The molecular weight excluding hydrogens is 661 g/mol. The van der Waals surface area contributed by atoms with Crippen molar-refractivity contribution in [3.8, 4) is 50.5 Å². The molecule has 0 radical (unpaired) electrons. The van der Waals surface area contributed by atoms with Gasteiger partial charge in [0.25, 0.3) is 6.33 Å². The highest BCUT2D eigenvalue weighted by Gasteiger charge is 2.42. The Balaban J connectivity index is 1.00. The van der Waals surface area contributed by atoms with Gasteiger partial charge in [-0.3, -0.25) is 9.13 Å². The highest BCUT2D eigenvalue weighted by atomic mass is 16.5. The molecule has 2 aromatic heterocycles. The van der Waals surface area contributed by atoms with Crippen molar-refractivity contribution in [1.82, 2.24) is 18.8 Å². The third kappa shape index (κ3) is 4.72. The number of nitrogens with zero attached hydrogens (tertiary/aromatic N) is 5. The molecule has 0 spiro atoms. The molecule has 8 aromatic rings. The van der Waals surface area contributed by atoms with Gasteiger partial charge < -0.3 is 14.0 Å². The van der Waals surface area contributed by atoms with Crippen molar-refractivity contribution in [1.29, 1.82) is 0 Å². The lowest BCUT2D eigenvalue weighted by Crippen LogP contribution is -2.60. The van der Waals surface area contributed by atoms with Crippen molar-refractivity contribution in [2.24, 2.45) is 0 Å². The minimum atomic E-state index is 0.0545. The van der Waals surface area contributed by atoms with Crippen molar-refractivity contribution < 1.29 is 9.30 Å². The van der Waals surface area contributed by atoms with E-state index in [1.54, 1.807) is 0 Å². The first-order valence-corrected chi connectivity index (χ1v) is 18.5. The monoisotopic (exact) mass is 695 g/mol. The largest absolute Gasteiger partial charge is 0.458 e. The van der Waals surface area contributed by atoms with Crippen LogP contribution in [0.15, 0.2) is 182 Å². The Bertz CT molecular complexity index is 2820. The van der Waals surface area contributed by atoms with Crippen LogP contribution in [0.4, 0.5) is 0 Å². The van der Waals surface area contributed by atoms with E-state index in [4.69, 9.17) is 9.72 Å². The number of para-hydroxylation sites is 2. The lowest BCUT2D eigenvalue weighted by molar-refractivity contribution is -0.571. The zero-order valence-electron chi connectivity index (χ0n) is 29.6. The molecular formula is C47H34BN5O. The molecule has 256 valence electrons. The molecule has 2 unspecified atom stereocenters. The van der Waals surface area contributed by atoms with Gasteiger partial charge in [0.2, 0.25) is 0 Å². The number of hydrogen-bond donors (Lipinski definition) is 0. The summed E-state index contributed by atoms with van der Waals surface area (Å²) in [6.07, 6.45) is 14.4. The number of likely N-dealkylation sites (N-methyl/N-ethyl adjacent to an activating group) is 1. The Hall–Kier alpha value is -6.70. The van der Waals surface area contributed by atoms with E-state index in [1.807, 2.05) is 12.3 Å². The number of ether oxygens (including phenoxy) is 1. The van der Waals surface area contributed by atoms with Gasteiger partial charge >= 0.3 is 6.98 Å². The number of imidazole rings is 2. The summed E-state index contributed by atoms with van der Waals surface area (Å²) in [4.78, 5) is 7.27. The standard InChI is InChI=1S/C47H34BN5O/c1-50-43-26-25-35(30-42(43)47-49-27-28-53(47)48(50)32-13-3-2-4-14-32)54-34-16-11-15-33(29-34)51-31-52-44-23-10-9-21-40(44)38-19-7-5-17-36(38)37-18-6-8-20-39(37)41-22-12-24-45(51)46(41)52/h2-30,42-43H,1H3. The predicted molar refractivity (Wildman–Crippen MR) is 215 cm³/mol. The predicted octanol–water partition coefficient (Wildman–Crippen LogP) is 8.39. The van der Waals surface area contributed by atoms with Gasteiger partial charge in [0, 0.05) is 18.4 Å². The summed E-state index contributed by atoms with van der Waals surface area (Å²) in [5.74, 6) is 2.66. The molecule has 7 heteroatoms. The molecule has 0 bridgehead atoms. The number of benzene rings is 6. The number of aromatic nitrogens is 4. The zero-order chi connectivity index (χ0) is 35.8. The van der Waals surface area contributed by atoms with E-state index in [1.165, 1.54) is 27.7 Å². The van der Waals surface area contributed by atoms with Crippen LogP contribution >= 0.6 is 0 Å². The number of fused-ring (bicyclic) bond motifs is 10. The number of allylic oxidation sites excluding steroid dienone is 1. The fourth-order valence-corrected chi connectivity index (χ4v) is 8.86. The van der Waals surface area contributed by atoms with Gasteiger partial charge in [-0.2, -0.15) is 0 Å². The third-order valence-electron chi connectivity index (χ3n) is 11.2. The first-order valence-electron chi connectivity index (χ1n) is 18.5. The smallest absolute Gasteiger partial charge is 0.384 e. The molecule has 0 saturated carbocycles. The fraction of sp³-hybridized carbons (Fsp3) is 0.0638. The van der Waals surface area contributed by atoms with E-state index >= 15 is 0 Å². The summed E-state index contributed by atoms with van der Waals surface area (Å²) in [5.41, 5.74) is 12.6. The number of hydrogen-bond acceptors (Lipinski definition) is 3. The van der Waals surface area contributed by atoms with Gasteiger partial charge in [-0.25, -0.2) is 4.98 Å². The van der Waals surface area contributed by atoms with Crippen LogP contribution in [0.3, 0.4) is 0 Å². The normalized spacial score (nSPS) is 16.9. The molecule has 0 fully saturated rings. The summed E-state index contributed by atoms with van der Waals surface area (Å²) >= 11 is 0. The molecule has 54 heavy (non-hydrogen) atoms. The van der Waals surface area contributed by atoms with Crippen LogP contribution in [0.1, 0.15) is 11.7 Å². The molecule has 2 atom stereocenters. The van der Waals surface area contributed by atoms with Gasteiger partial charge in [0.1, 0.15) is 17.3 Å². The maximum atomic E-state index is 6.67. The van der Waals surface area contributed by atoms with Crippen molar-refractivity contribution in [3.63, 3.8) is 0 Å². The van der Waals surface area contributed by atoms with Crippen LogP contribution in [0.5, 0.6) is 5.75 Å². The van der Waals surface area contributed by atoms with E-state index in [9.17, 15) is 0 Å². The quantitative estimate of drug-likeness (QED) is 0.106. The first-order chi connectivity index (χ1) is 26.7. The Morgan fingerprint density at radius 3 is 2.17 bits per heavy atom. The van der Waals surface area contributed by atoms with Crippen molar-refractivity contribution in [2.75, 3.05) is 7.05 Å². The second kappa shape index (κ2) is 12.2. The number of rotatable bonds is 4. The second-order valence-corrected chi connectivity index (χ2v) is 14.2. The Morgan fingerprint density at radius 2 is 1.37 bits per heavy atom. The average molecular weight is 696 g/mol. The lowest BCUT2D eigenvalue weighted by Gasteiger charge is -2.42. The van der Waals surface area contributed by atoms with Gasteiger partial charge in [0.15, 0.2) is 0 Å². The molecule has 0 amide bonds. The van der Waals surface area contributed by atoms with Crippen LogP contribution < -0.4 is 14.8 Å². The van der Waals surface area contributed by atoms with E-state index in [0.29, 0.717) is 0 Å². The van der Waals surface area contributed by atoms with E-state index < -0.39 is 0 Å². The van der Waals surface area contributed by atoms with Crippen LogP contribution in [0, 0.1) is 6.33 Å². The summed E-state index contributed by atoms with van der Waals surface area (Å²) in [6, 6.07) is 51.8. The maximum absolute atomic E-state index is 6.67. The molecule has 0 saturated heterocycles. The third-order valence-corrected chi connectivity index (χ3v) is 11.2. The fourth-order valence-electron chi connectivity index (χ4n) is 8.86. The molecule has 11 rings (SSSR count). The van der Waals surface area contributed by atoms with Gasteiger partial charge in [-0.05, 0) is 82.3 Å². The van der Waals surface area contributed by atoms with Gasteiger partial charge in [-0.15, -0.1) is 0 Å². The maximum Gasteiger partial charge on any atom is 0.384 e. The molecule has 6 aromatic carbocycles. The summed E-state index contributed by atoms with van der Waals surface area (Å²) in [6.45, 7) is 0.0715. The van der Waals surface area contributed by atoms with E-state index in [0.717, 1.165) is 50.9 Å². The Labute approximate surface area is 314 Å². The SMILES string of the molecule is CN1B(c2ccccc2)n2ccnc2C2C=C(Oc3cccc(-n4[c-][n+]5c6c(cccc64)-c4ccccc4-c4ccccc4-c4ccccc4-5)c3)C=CC21. The Kier molecular flexibility index (Phi) is 6.97. The average Bonchev–Trinajstić information content (AvgIpc) is 3.88. The lowest BCUT2D eigenvalue weighted by atomic mass is 9.61. The van der Waals surface area contributed by atoms with E-state index in [2.05, 4.69) is 196 Å². The van der Waals surface area contributed by atoms with Crippen molar-refractivity contribution in [2.45, 2.75) is 12.0 Å². The molecule has 6 nitrogen and oxygen atoms in total. The molecule has 3 aliphatic rings. The van der Waals surface area contributed by atoms with Crippen molar-refractivity contribution in [3.05, 3.63) is 194 Å². The minimum Gasteiger partial charge on any atom is -0.458 e. The second-order valence-electron chi connectivity index (χ2n) is 14.2. The van der Waals surface area contributed by atoms with E-state index in [-0.39, 0.29) is 18.9 Å².